The van der Waals surface area contributed by atoms with Gasteiger partial charge in [0.25, 0.3) is 0 Å². The zero-order valence-corrected chi connectivity index (χ0v) is 22.0. The highest BCUT2D eigenvalue weighted by Crippen LogP contribution is 2.38. The van der Waals surface area contributed by atoms with Gasteiger partial charge in [0.1, 0.15) is 22.8 Å². The smallest absolute Gasteiger partial charge is 0.142 e. The first-order chi connectivity index (χ1) is 18.5. The molecule has 5 rings (SSSR count). The summed E-state index contributed by atoms with van der Waals surface area (Å²) >= 11 is 1.68. The van der Waals surface area contributed by atoms with E-state index in [4.69, 9.17) is 10.5 Å². The van der Waals surface area contributed by atoms with E-state index in [1.165, 1.54) is 28.8 Å². The van der Waals surface area contributed by atoms with Crippen LogP contribution in [0.2, 0.25) is 0 Å². The number of anilines is 3. The van der Waals surface area contributed by atoms with Crippen LogP contribution in [0.25, 0.3) is 10.2 Å². The van der Waals surface area contributed by atoms with Crippen LogP contribution in [-0.2, 0) is 19.4 Å². The molecule has 38 heavy (non-hydrogen) atoms. The van der Waals surface area contributed by atoms with E-state index in [2.05, 4.69) is 20.6 Å². The van der Waals surface area contributed by atoms with Gasteiger partial charge in [0.15, 0.2) is 0 Å². The van der Waals surface area contributed by atoms with Gasteiger partial charge in [-0.05, 0) is 60.7 Å². The van der Waals surface area contributed by atoms with E-state index >= 15 is 0 Å². The number of aliphatic hydroxyl groups is 1. The summed E-state index contributed by atoms with van der Waals surface area (Å²) in [5.74, 6) is 0.484. The standard InChI is InChI=1S/C28H30FN7OS/c1-36(10-11-37)35-22-6-3-7-23-25(14-22)38-28-26(23)27(32-17-33-28)34-21-8-9-24(19(13-21)15-30)31-16-18-4-2-5-20(29)12-18/h2,4-5,8-9,12-13,15,17,30-31,37H,3,6-7,10-11,14,16H2,1H3,(H,32,33,34)/b30-15?,35-22-. The summed E-state index contributed by atoms with van der Waals surface area (Å²) in [7, 11) is 1.89. The summed E-state index contributed by atoms with van der Waals surface area (Å²) in [5.41, 5.74) is 5.55. The van der Waals surface area contributed by atoms with Crippen LogP contribution in [0.5, 0.6) is 0 Å². The van der Waals surface area contributed by atoms with E-state index in [9.17, 15) is 9.50 Å². The zero-order valence-electron chi connectivity index (χ0n) is 21.2. The lowest BCUT2D eigenvalue weighted by atomic mass is 10.1. The Morgan fingerprint density at radius 1 is 1.21 bits per heavy atom. The Bertz CT molecular complexity index is 1490. The Morgan fingerprint density at radius 3 is 2.92 bits per heavy atom. The maximum atomic E-state index is 13.5. The molecule has 0 saturated heterocycles. The normalized spacial score (nSPS) is 14.2. The van der Waals surface area contributed by atoms with Crippen LogP contribution < -0.4 is 10.6 Å². The number of hydrazone groups is 1. The van der Waals surface area contributed by atoms with Crippen molar-refractivity contribution < 1.29 is 9.50 Å². The zero-order chi connectivity index (χ0) is 26.5. The van der Waals surface area contributed by atoms with Crippen molar-refractivity contribution in [3.05, 3.63) is 76.2 Å². The molecule has 8 nitrogen and oxygen atoms in total. The lowest BCUT2D eigenvalue weighted by Gasteiger charge is -2.13. The second-order valence-corrected chi connectivity index (χ2v) is 10.3. The quantitative estimate of drug-likeness (QED) is 0.132. The Kier molecular flexibility index (Phi) is 7.90. The summed E-state index contributed by atoms with van der Waals surface area (Å²) in [6, 6.07) is 12.2. The number of fused-ring (bicyclic) bond motifs is 3. The minimum absolute atomic E-state index is 0.0791. The third-order valence-electron chi connectivity index (χ3n) is 6.51. The largest absolute Gasteiger partial charge is 0.394 e. The van der Waals surface area contributed by atoms with Gasteiger partial charge in [-0.25, -0.2) is 14.4 Å². The van der Waals surface area contributed by atoms with Crippen LogP contribution in [0, 0.1) is 11.2 Å². The first-order valence-electron chi connectivity index (χ1n) is 12.6. The molecule has 0 spiro atoms. The third-order valence-corrected chi connectivity index (χ3v) is 7.65. The van der Waals surface area contributed by atoms with Gasteiger partial charge in [0.05, 0.1) is 18.5 Å². The number of thiophene rings is 1. The molecule has 1 aliphatic rings. The molecule has 0 amide bonds. The van der Waals surface area contributed by atoms with Crippen molar-refractivity contribution in [2.75, 3.05) is 30.8 Å². The molecule has 0 unspecified atom stereocenters. The second-order valence-electron chi connectivity index (χ2n) is 9.26. The molecule has 2 aromatic heterocycles. The molecular formula is C28H30FN7OS. The molecule has 4 aromatic rings. The van der Waals surface area contributed by atoms with Crippen molar-refractivity contribution in [2.24, 2.45) is 5.10 Å². The van der Waals surface area contributed by atoms with E-state index in [1.807, 2.05) is 31.3 Å². The molecule has 4 N–H and O–H groups in total. The van der Waals surface area contributed by atoms with Gasteiger partial charge in [-0.15, -0.1) is 11.3 Å². The summed E-state index contributed by atoms with van der Waals surface area (Å²) in [6.07, 6.45) is 6.49. The molecule has 0 fully saturated rings. The number of benzene rings is 2. The number of likely N-dealkylation sites (N-methyl/N-ethyl adjacent to an activating group) is 1. The van der Waals surface area contributed by atoms with E-state index in [0.29, 0.717) is 18.7 Å². The summed E-state index contributed by atoms with van der Waals surface area (Å²) in [6.45, 7) is 1.05. The monoisotopic (exact) mass is 531 g/mol. The minimum Gasteiger partial charge on any atom is -0.394 e. The molecule has 0 saturated carbocycles. The number of nitrogens with zero attached hydrogens (tertiary/aromatic N) is 4. The predicted octanol–water partition coefficient (Wildman–Crippen LogP) is 5.34. The van der Waals surface area contributed by atoms with Crippen LogP contribution in [0.4, 0.5) is 21.6 Å². The van der Waals surface area contributed by atoms with Crippen molar-refractivity contribution in [1.29, 1.82) is 5.41 Å². The maximum Gasteiger partial charge on any atom is 0.142 e. The lowest BCUT2D eigenvalue weighted by Crippen LogP contribution is -2.19. The third kappa shape index (κ3) is 5.81. The van der Waals surface area contributed by atoms with Gasteiger partial charge in [0.2, 0.25) is 0 Å². The molecular weight excluding hydrogens is 501 g/mol. The first-order valence-corrected chi connectivity index (χ1v) is 13.4. The average molecular weight is 532 g/mol. The van der Waals surface area contributed by atoms with Gasteiger partial charge in [-0.2, -0.15) is 5.10 Å². The molecule has 10 heteroatoms. The second kappa shape index (κ2) is 11.7. The number of halogens is 1. The van der Waals surface area contributed by atoms with Crippen LogP contribution >= 0.6 is 11.3 Å². The Hall–Kier alpha value is -3.89. The molecule has 0 radical (unpaired) electrons. The van der Waals surface area contributed by atoms with Crippen molar-refractivity contribution >= 4 is 50.7 Å². The number of hydrogen-bond acceptors (Lipinski definition) is 9. The summed E-state index contributed by atoms with van der Waals surface area (Å²) in [5, 5.41) is 31.4. The Balaban J connectivity index is 1.38. The number of aliphatic hydroxyl groups excluding tert-OH is 1. The van der Waals surface area contributed by atoms with Gasteiger partial charge in [-0.1, -0.05) is 12.1 Å². The van der Waals surface area contributed by atoms with Gasteiger partial charge >= 0.3 is 0 Å². The van der Waals surface area contributed by atoms with Crippen LogP contribution in [0.3, 0.4) is 0 Å². The number of aromatic nitrogens is 2. The number of nitrogens with one attached hydrogen (secondary N) is 3. The van der Waals surface area contributed by atoms with Crippen molar-refractivity contribution in [3.8, 4) is 0 Å². The van der Waals surface area contributed by atoms with Gasteiger partial charge in [0, 0.05) is 53.8 Å². The fourth-order valence-corrected chi connectivity index (χ4v) is 5.93. The molecule has 0 bridgehead atoms. The Morgan fingerprint density at radius 2 is 2.11 bits per heavy atom. The highest BCUT2D eigenvalue weighted by atomic mass is 32.1. The fourth-order valence-electron chi connectivity index (χ4n) is 4.70. The number of hydrogen-bond donors (Lipinski definition) is 4. The Labute approximate surface area is 224 Å². The van der Waals surface area contributed by atoms with Crippen molar-refractivity contribution in [3.63, 3.8) is 0 Å². The van der Waals surface area contributed by atoms with Crippen LogP contribution in [0.1, 0.15) is 34.4 Å². The SMILES string of the molecule is CN(CCO)/N=C1/CCCc2c(sc3ncnc(Nc4ccc(NCc5cccc(F)c5)c(C=N)c4)c23)C1. The first kappa shape index (κ1) is 25.7. The maximum absolute atomic E-state index is 13.5. The van der Waals surface area contributed by atoms with Crippen molar-refractivity contribution in [1.82, 2.24) is 15.0 Å². The van der Waals surface area contributed by atoms with E-state index in [0.717, 1.165) is 64.4 Å². The molecule has 2 aromatic carbocycles. The molecule has 196 valence electrons. The average Bonchev–Trinajstić information content (AvgIpc) is 3.14. The molecule has 1 aliphatic carbocycles. The van der Waals surface area contributed by atoms with Gasteiger partial charge < -0.3 is 21.1 Å². The molecule has 0 atom stereocenters. The summed E-state index contributed by atoms with van der Waals surface area (Å²) in [4.78, 5) is 11.3. The predicted molar refractivity (Wildman–Crippen MR) is 153 cm³/mol. The molecule has 0 aliphatic heterocycles. The van der Waals surface area contributed by atoms with Crippen LogP contribution in [-0.4, -0.2) is 52.2 Å². The molecule has 2 heterocycles. The number of rotatable bonds is 9. The minimum atomic E-state index is -0.267. The highest BCUT2D eigenvalue weighted by molar-refractivity contribution is 7.19. The topological polar surface area (TPSA) is 110 Å². The fraction of sp³-hybridized carbons (Fsp3) is 0.286. The summed E-state index contributed by atoms with van der Waals surface area (Å²) < 4.78 is 13.5. The van der Waals surface area contributed by atoms with Gasteiger partial charge in [-0.3, -0.25) is 5.01 Å². The number of aryl methyl sites for hydroxylation is 1. The van der Waals surface area contributed by atoms with E-state index in [-0.39, 0.29) is 12.4 Å². The van der Waals surface area contributed by atoms with Crippen LogP contribution in [0.15, 0.2) is 53.9 Å². The highest BCUT2D eigenvalue weighted by Gasteiger charge is 2.22. The van der Waals surface area contributed by atoms with Crippen molar-refractivity contribution in [2.45, 2.75) is 32.2 Å². The van der Waals surface area contributed by atoms with E-state index < -0.39 is 0 Å². The lowest BCUT2D eigenvalue weighted by molar-refractivity contribution is 0.226. The van der Waals surface area contributed by atoms with E-state index in [1.54, 1.807) is 28.7 Å².